The van der Waals surface area contributed by atoms with Crippen LogP contribution in [0.5, 0.6) is 0 Å². The fourth-order valence-electron chi connectivity index (χ4n) is 1.74. The minimum absolute atomic E-state index is 0.0475. The van der Waals surface area contributed by atoms with Crippen LogP contribution in [-0.4, -0.2) is 24.3 Å². The molecule has 2 unspecified atom stereocenters. The van der Waals surface area contributed by atoms with Crippen LogP contribution < -0.4 is 0 Å². The fourth-order valence-corrected chi connectivity index (χ4v) is 1.74. The largest absolute Gasteiger partial charge is 0.460 e. The van der Waals surface area contributed by atoms with Gasteiger partial charge in [0.25, 0.3) is 0 Å². The molecule has 0 bridgehead atoms. The highest BCUT2D eigenvalue weighted by atomic mass is 16.6. The zero-order valence-electron chi connectivity index (χ0n) is 6.58. The van der Waals surface area contributed by atoms with Gasteiger partial charge in [-0.25, -0.2) is 0 Å². The number of carbonyl (C=O) groups excluding carboxylic acids is 1. The van der Waals surface area contributed by atoms with E-state index in [1.807, 2.05) is 0 Å². The maximum absolute atomic E-state index is 10.6. The van der Waals surface area contributed by atoms with Crippen LogP contribution in [0.2, 0.25) is 0 Å². The van der Waals surface area contributed by atoms with Crippen LogP contribution in [-0.2, 0) is 14.3 Å². The van der Waals surface area contributed by atoms with Crippen molar-refractivity contribution in [3.63, 3.8) is 0 Å². The van der Waals surface area contributed by atoms with E-state index in [4.69, 9.17) is 9.47 Å². The summed E-state index contributed by atoms with van der Waals surface area (Å²) >= 11 is 0. The molecule has 62 valence electrons. The van der Waals surface area contributed by atoms with Crippen molar-refractivity contribution in [2.45, 2.75) is 44.5 Å². The first-order chi connectivity index (χ1) is 5.27. The summed E-state index contributed by atoms with van der Waals surface area (Å²) in [5, 5.41) is 0. The van der Waals surface area contributed by atoms with Gasteiger partial charge in [-0.1, -0.05) is 0 Å². The lowest BCUT2D eigenvalue weighted by Crippen LogP contribution is -2.26. The minimum Gasteiger partial charge on any atom is -0.460 e. The van der Waals surface area contributed by atoms with E-state index in [1.165, 1.54) is 6.92 Å². The van der Waals surface area contributed by atoms with Crippen molar-refractivity contribution >= 4 is 5.97 Å². The van der Waals surface area contributed by atoms with E-state index < -0.39 is 0 Å². The quantitative estimate of drug-likeness (QED) is 0.417. The predicted molar refractivity (Wildman–Crippen MR) is 38.1 cm³/mol. The lowest BCUT2D eigenvalue weighted by Gasteiger charge is -2.17. The van der Waals surface area contributed by atoms with Crippen molar-refractivity contribution < 1.29 is 14.3 Å². The van der Waals surface area contributed by atoms with Crippen LogP contribution in [0.4, 0.5) is 0 Å². The maximum atomic E-state index is 10.6. The first-order valence-electron chi connectivity index (χ1n) is 4.10. The Balaban J connectivity index is 1.88. The zero-order chi connectivity index (χ0) is 7.84. The molecule has 0 aromatic carbocycles. The molecule has 2 rings (SSSR count). The summed E-state index contributed by atoms with van der Waals surface area (Å²) in [4.78, 5) is 10.6. The topological polar surface area (TPSA) is 38.8 Å². The number of hydrogen-bond donors (Lipinski definition) is 0. The third-order valence-corrected chi connectivity index (χ3v) is 2.28. The average Bonchev–Trinajstić information content (AvgIpc) is 2.65. The van der Waals surface area contributed by atoms with Gasteiger partial charge in [0.05, 0.1) is 6.10 Å². The molecule has 3 atom stereocenters. The normalized spacial score (nSPS) is 41.0. The third kappa shape index (κ3) is 1.38. The molecule has 0 aromatic rings. The summed E-state index contributed by atoms with van der Waals surface area (Å²) in [6.45, 7) is 1.45. The van der Waals surface area contributed by atoms with Gasteiger partial charge in [0, 0.05) is 6.92 Å². The van der Waals surface area contributed by atoms with Crippen molar-refractivity contribution in [2.24, 2.45) is 0 Å². The van der Waals surface area contributed by atoms with Crippen molar-refractivity contribution in [2.75, 3.05) is 0 Å². The first kappa shape index (κ1) is 7.10. The van der Waals surface area contributed by atoms with E-state index in [0.717, 1.165) is 19.3 Å². The molecule has 3 heteroatoms. The van der Waals surface area contributed by atoms with Gasteiger partial charge in [0.2, 0.25) is 0 Å². The third-order valence-electron chi connectivity index (χ3n) is 2.28. The molecular formula is C8H12O3. The van der Waals surface area contributed by atoms with Crippen molar-refractivity contribution in [3.8, 4) is 0 Å². The van der Waals surface area contributed by atoms with E-state index in [2.05, 4.69) is 0 Å². The number of fused-ring (bicyclic) bond motifs is 1. The van der Waals surface area contributed by atoms with E-state index in [-0.39, 0.29) is 18.2 Å². The Kier molecular flexibility index (Phi) is 1.60. The Labute approximate surface area is 65.7 Å². The maximum Gasteiger partial charge on any atom is 0.302 e. The second kappa shape index (κ2) is 2.48. The number of carbonyl (C=O) groups is 1. The smallest absolute Gasteiger partial charge is 0.302 e. The molecule has 1 saturated carbocycles. The molecule has 0 radical (unpaired) electrons. The van der Waals surface area contributed by atoms with Gasteiger partial charge >= 0.3 is 5.97 Å². The standard InChI is InChI=1S/C8H12O3/c1-5(9)10-6-3-2-4-7-8(6)11-7/h6-8H,2-4H2,1H3/t6-,7?,8?/m1/s1. The summed E-state index contributed by atoms with van der Waals surface area (Å²) in [5.41, 5.74) is 0. The Morgan fingerprint density at radius 1 is 1.55 bits per heavy atom. The number of rotatable bonds is 1. The highest BCUT2D eigenvalue weighted by Crippen LogP contribution is 2.38. The minimum atomic E-state index is -0.189. The molecule has 0 aromatic heterocycles. The molecule has 0 amide bonds. The first-order valence-corrected chi connectivity index (χ1v) is 4.10. The van der Waals surface area contributed by atoms with Crippen LogP contribution in [0.25, 0.3) is 0 Å². The van der Waals surface area contributed by atoms with Crippen LogP contribution in [0.3, 0.4) is 0 Å². The van der Waals surface area contributed by atoms with Crippen LogP contribution in [0.15, 0.2) is 0 Å². The summed E-state index contributed by atoms with van der Waals surface area (Å²) in [7, 11) is 0. The summed E-state index contributed by atoms with van der Waals surface area (Å²) in [5.74, 6) is -0.189. The second-order valence-corrected chi connectivity index (χ2v) is 3.22. The summed E-state index contributed by atoms with van der Waals surface area (Å²) in [6.07, 6.45) is 3.91. The zero-order valence-corrected chi connectivity index (χ0v) is 6.58. The van der Waals surface area contributed by atoms with E-state index in [9.17, 15) is 4.79 Å². The van der Waals surface area contributed by atoms with Crippen molar-refractivity contribution in [1.82, 2.24) is 0 Å². The Bertz CT molecular complexity index is 178. The number of esters is 1. The number of hydrogen-bond acceptors (Lipinski definition) is 3. The Hall–Kier alpha value is -0.570. The van der Waals surface area contributed by atoms with Gasteiger partial charge < -0.3 is 9.47 Å². The van der Waals surface area contributed by atoms with Gasteiger partial charge in [0.15, 0.2) is 0 Å². The van der Waals surface area contributed by atoms with E-state index in [1.54, 1.807) is 0 Å². The lowest BCUT2D eigenvalue weighted by atomic mass is 9.98. The molecule has 1 heterocycles. The molecule has 0 spiro atoms. The summed E-state index contributed by atoms with van der Waals surface area (Å²) in [6, 6.07) is 0. The SMILES string of the molecule is CC(=O)O[C@@H]1CCCC2OC21. The molecule has 3 nitrogen and oxygen atoms in total. The Morgan fingerprint density at radius 2 is 2.36 bits per heavy atom. The second-order valence-electron chi connectivity index (χ2n) is 3.22. The number of epoxide rings is 1. The van der Waals surface area contributed by atoms with Gasteiger partial charge in [0.1, 0.15) is 12.2 Å². The monoisotopic (exact) mass is 156 g/mol. The molecular weight excluding hydrogens is 144 g/mol. The average molecular weight is 156 g/mol. The van der Waals surface area contributed by atoms with Gasteiger partial charge in [-0.2, -0.15) is 0 Å². The van der Waals surface area contributed by atoms with Crippen LogP contribution in [0, 0.1) is 0 Å². The van der Waals surface area contributed by atoms with Gasteiger partial charge in [-0.3, -0.25) is 4.79 Å². The molecule has 0 N–H and O–H groups in total. The van der Waals surface area contributed by atoms with Gasteiger partial charge in [-0.05, 0) is 19.3 Å². The van der Waals surface area contributed by atoms with Crippen LogP contribution in [0.1, 0.15) is 26.2 Å². The fraction of sp³-hybridized carbons (Fsp3) is 0.875. The summed E-state index contributed by atoms with van der Waals surface area (Å²) < 4.78 is 10.4. The lowest BCUT2D eigenvalue weighted by molar-refractivity contribution is -0.147. The molecule has 1 aliphatic heterocycles. The highest BCUT2D eigenvalue weighted by Gasteiger charge is 2.48. The number of ether oxygens (including phenoxy) is 2. The molecule has 11 heavy (non-hydrogen) atoms. The van der Waals surface area contributed by atoms with Crippen molar-refractivity contribution in [1.29, 1.82) is 0 Å². The Morgan fingerprint density at radius 3 is 3.09 bits per heavy atom. The highest BCUT2D eigenvalue weighted by molar-refractivity contribution is 5.66. The van der Waals surface area contributed by atoms with Crippen LogP contribution >= 0.6 is 0 Å². The molecule has 1 aliphatic carbocycles. The van der Waals surface area contributed by atoms with Crippen molar-refractivity contribution in [3.05, 3.63) is 0 Å². The molecule has 2 fully saturated rings. The van der Waals surface area contributed by atoms with E-state index in [0.29, 0.717) is 6.10 Å². The van der Waals surface area contributed by atoms with Gasteiger partial charge in [-0.15, -0.1) is 0 Å². The molecule has 1 saturated heterocycles. The predicted octanol–water partition coefficient (Wildman–Crippen LogP) is 0.869. The van der Waals surface area contributed by atoms with E-state index >= 15 is 0 Å². The molecule has 2 aliphatic rings.